The maximum Gasteiger partial charge on any atom is 0.407 e. The molecular weight excluding hydrogens is 847 g/mol. The first-order chi connectivity index (χ1) is 32.5. The molecule has 2 aromatic heterocycles. The number of carbonyl (C=O) groups excluding carboxylic acids is 4. The Balaban J connectivity index is 0.970. The second-order valence-corrected chi connectivity index (χ2v) is 17.4. The van der Waals surface area contributed by atoms with Gasteiger partial charge in [-0.05, 0) is 75.9 Å². The van der Waals surface area contributed by atoms with Crippen molar-refractivity contribution < 1.29 is 28.7 Å². The monoisotopic (exact) mass is 905 g/mol. The van der Waals surface area contributed by atoms with E-state index in [1.165, 1.54) is 7.11 Å². The minimum absolute atomic E-state index is 0.130. The van der Waals surface area contributed by atoms with Crippen molar-refractivity contribution in [3.05, 3.63) is 120 Å². The Hall–Kier alpha value is -7.26. The Kier molecular flexibility index (Phi) is 14.5. The van der Waals surface area contributed by atoms with Crippen LogP contribution in [0.1, 0.15) is 63.8 Å². The average molecular weight is 906 g/mol. The number of fused-ring (bicyclic) bond motifs is 4. The minimum Gasteiger partial charge on any atom is -0.453 e. The molecule has 8 rings (SSSR count). The molecule has 0 bridgehead atoms. The second-order valence-electron chi connectivity index (χ2n) is 17.4. The number of hydrogen-bond donors (Lipinski definition) is 4. The second kappa shape index (κ2) is 20.9. The summed E-state index contributed by atoms with van der Waals surface area (Å²) in [6, 6.07) is 30.8. The summed E-state index contributed by atoms with van der Waals surface area (Å²) in [4.78, 5) is 75.0. The third-order valence-corrected chi connectivity index (χ3v) is 12.3. The van der Waals surface area contributed by atoms with Crippen LogP contribution in [0.15, 0.2) is 103 Å². The molecule has 1 aliphatic heterocycles. The smallest absolute Gasteiger partial charge is 0.407 e. The number of methoxy groups -OCH3 is 1. The zero-order valence-electron chi connectivity index (χ0n) is 38.8. The van der Waals surface area contributed by atoms with E-state index in [1.54, 1.807) is 20.9 Å². The van der Waals surface area contributed by atoms with E-state index in [-0.39, 0.29) is 36.9 Å². The number of amides is 5. The number of H-pyrrole nitrogens is 2. The Labute approximate surface area is 390 Å². The van der Waals surface area contributed by atoms with Crippen LogP contribution in [0, 0.1) is 5.92 Å². The Morgan fingerprint density at radius 3 is 2.06 bits per heavy atom. The van der Waals surface area contributed by atoms with Crippen LogP contribution in [0.5, 0.6) is 0 Å². The molecule has 15 nitrogen and oxygen atoms in total. The number of rotatable bonds is 16. The van der Waals surface area contributed by atoms with Crippen LogP contribution in [-0.4, -0.2) is 111 Å². The number of morpholine rings is 1. The summed E-state index contributed by atoms with van der Waals surface area (Å²) in [6.45, 7) is 11.3. The van der Waals surface area contributed by atoms with Crippen LogP contribution < -0.4 is 10.6 Å². The fraction of sp³-hybridized carbons (Fsp3) is 0.346. The van der Waals surface area contributed by atoms with Gasteiger partial charge in [0.1, 0.15) is 23.7 Å². The highest BCUT2D eigenvalue weighted by atomic mass is 16.5. The fourth-order valence-electron chi connectivity index (χ4n) is 8.73. The van der Waals surface area contributed by atoms with E-state index >= 15 is 0 Å². The molecule has 2 atom stereocenters. The van der Waals surface area contributed by atoms with Gasteiger partial charge in [0.05, 0.1) is 56.3 Å². The maximum absolute atomic E-state index is 14.3. The highest BCUT2D eigenvalue weighted by molar-refractivity contribution is 6.05. The summed E-state index contributed by atoms with van der Waals surface area (Å²) in [5.41, 5.74) is 6.41. The topological polar surface area (TPSA) is 178 Å². The molecule has 5 aromatic carbocycles. The standard InChI is InChI=1S/C52H59N9O6/c1-6-21-60(50(63)47(34-11-9-8-10-12-34)57-51(64)59-23-25-67-26-24-59)31-44-53-30-43(55-44)40-16-15-36-27-35(13-14-37(36)29-40)38-17-19-41-39(28-38)18-20-42-48(41)56-45(54-42)32-61(22-7-2)49(62)46(33(3)4)58-52(65)66-5/h8-20,27-30,33,46-47H,6-7,21-26,31-32H2,1-5H3,(H,53,55)(H,54,56)(H,57,64)(H,58,65)/t46-,47+/m0/s1. The Bertz CT molecular complexity index is 2870. The van der Waals surface area contributed by atoms with Gasteiger partial charge in [0.2, 0.25) is 11.8 Å². The number of aromatic amines is 2. The molecule has 0 unspecified atom stereocenters. The lowest BCUT2D eigenvalue weighted by molar-refractivity contribution is -0.135. The number of carbonyl (C=O) groups is 4. The molecule has 4 N–H and O–H groups in total. The summed E-state index contributed by atoms with van der Waals surface area (Å²) in [5, 5.41) is 9.96. The predicted octanol–water partition coefficient (Wildman–Crippen LogP) is 8.57. The van der Waals surface area contributed by atoms with Gasteiger partial charge in [-0.3, -0.25) is 9.59 Å². The van der Waals surface area contributed by atoms with Gasteiger partial charge in [-0.2, -0.15) is 0 Å². The molecule has 3 heterocycles. The number of nitrogens with zero attached hydrogens (tertiary/aromatic N) is 5. The fourth-order valence-corrected chi connectivity index (χ4v) is 8.73. The molecule has 15 heteroatoms. The zero-order valence-corrected chi connectivity index (χ0v) is 38.8. The summed E-state index contributed by atoms with van der Waals surface area (Å²) < 4.78 is 10.2. The SMILES string of the molecule is CCCN(Cc1nc2ccc3cc(-c4ccc5cc(-c6cnc(CN(CCC)C(=O)[C@H](NC(=O)N7CCOCC7)c7ccccc7)[nH]6)ccc5c4)ccc3c2[nH]1)C(=O)[C@@H](NC(=O)OC)C(C)C. The molecule has 5 amide bonds. The van der Waals surface area contributed by atoms with E-state index in [2.05, 4.69) is 81.3 Å². The number of urea groups is 1. The van der Waals surface area contributed by atoms with Gasteiger partial charge in [0.15, 0.2) is 0 Å². The number of aromatic nitrogens is 4. The van der Waals surface area contributed by atoms with Gasteiger partial charge in [-0.1, -0.05) is 100 Å². The zero-order chi connectivity index (χ0) is 47.0. The van der Waals surface area contributed by atoms with Crippen molar-refractivity contribution in [1.29, 1.82) is 0 Å². The molecule has 0 saturated carbocycles. The van der Waals surface area contributed by atoms with Crippen molar-refractivity contribution >= 4 is 56.5 Å². The van der Waals surface area contributed by atoms with E-state index in [0.29, 0.717) is 51.0 Å². The number of imidazole rings is 2. The molecule has 1 aliphatic rings. The van der Waals surface area contributed by atoms with Crippen LogP contribution in [0.3, 0.4) is 0 Å². The molecular formula is C52H59N9O6. The summed E-state index contributed by atoms with van der Waals surface area (Å²) in [6.07, 6.45) is 2.66. The third kappa shape index (κ3) is 10.6. The van der Waals surface area contributed by atoms with Crippen LogP contribution in [0.4, 0.5) is 9.59 Å². The largest absolute Gasteiger partial charge is 0.453 e. The van der Waals surface area contributed by atoms with Crippen molar-refractivity contribution in [3.8, 4) is 22.4 Å². The molecule has 0 spiro atoms. The number of benzene rings is 5. The lowest BCUT2D eigenvalue weighted by atomic mass is 9.97. The molecule has 348 valence electrons. The molecule has 0 radical (unpaired) electrons. The molecule has 7 aromatic rings. The predicted molar refractivity (Wildman–Crippen MR) is 260 cm³/mol. The van der Waals surface area contributed by atoms with Crippen molar-refractivity contribution in [2.75, 3.05) is 46.5 Å². The maximum atomic E-state index is 14.3. The normalized spacial score (nSPS) is 13.7. The first kappa shape index (κ1) is 46.3. The van der Waals surface area contributed by atoms with Gasteiger partial charge in [0, 0.05) is 37.1 Å². The van der Waals surface area contributed by atoms with Crippen molar-refractivity contribution in [2.45, 2.75) is 65.7 Å². The lowest BCUT2D eigenvalue weighted by Gasteiger charge is -2.31. The van der Waals surface area contributed by atoms with E-state index in [4.69, 9.17) is 19.4 Å². The van der Waals surface area contributed by atoms with Crippen molar-refractivity contribution in [2.24, 2.45) is 5.92 Å². The van der Waals surface area contributed by atoms with E-state index in [1.807, 2.05) is 64.1 Å². The molecule has 1 fully saturated rings. The quantitative estimate of drug-likeness (QED) is 0.0745. The Morgan fingerprint density at radius 1 is 0.746 bits per heavy atom. The Morgan fingerprint density at radius 2 is 1.37 bits per heavy atom. The van der Waals surface area contributed by atoms with E-state index in [0.717, 1.165) is 73.4 Å². The van der Waals surface area contributed by atoms with Crippen LogP contribution in [-0.2, 0) is 32.2 Å². The first-order valence-corrected chi connectivity index (χ1v) is 23.1. The van der Waals surface area contributed by atoms with Crippen LogP contribution in [0.25, 0.3) is 55.0 Å². The lowest BCUT2D eigenvalue weighted by Crippen LogP contribution is -2.51. The van der Waals surface area contributed by atoms with Gasteiger partial charge >= 0.3 is 12.1 Å². The van der Waals surface area contributed by atoms with E-state index < -0.39 is 18.2 Å². The molecule has 1 saturated heterocycles. The van der Waals surface area contributed by atoms with Gasteiger partial charge in [0.25, 0.3) is 0 Å². The number of alkyl carbamates (subject to hydrolysis) is 1. The first-order valence-electron chi connectivity index (χ1n) is 23.1. The van der Waals surface area contributed by atoms with Crippen LogP contribution in [0.2, 0.25) is 0 Å². The summed E-state index contributed by atoms with van der Waals surface area (Å²) in [7, 11) is 1.29. The number of ether oxygens (including phenoxy) is 2. The van der Waals surface area contributed by atoms with Gasteiger partial charge in [-0.15, -0.1) is 0 Å². The van der Waals surface area contributed by atoms with E-state index in [9.17, 15) is 19.2 Å². The average Bonchev–Trinajstić information content (AvgIpc) is 4.01. The minimum atomic E-state index is -0.853. The molecule has 67 heavy (non-hydrogen) atoms. The summed E-state index contributed by atoms with van der Waals surface area (Å²) in [5.74, 6) is 0.811. The highest BCUT2D eigenvalue weighted by Gasteiger charge is 2.31. The van der Waals surface area contributed by atoms with Gasteiger partial charge < -0.3 is 44.8 Å². The number of nitrogens with one attached hydrogen (secondary N) is 4. The highest BCUT2D eigenvalue weighted by Crippen LogP contribution is 2.32. The number of hydrogen-bond acceptors (Lipinski definition) is 8. The van der Waals surface area contributed by atoms with Crippen LogP contribution >= 0.6 is 0 Å². The van der Waals surface area contributed by atoms with Crippen molar-refractivity contribution in [1.82, 2.24) is 45.3 Å². The van der Waals surface area contributed by atoms with Crippen molar-refractivity contribution in [3.63, 3.8) is 0 Å². The third-order valence-electron chi connectivity index (χ3n) is 12.3. The molecule has 0 aliphatic carbocycles. The summed E-state index contributed by atoms with van der Waals surface area (Å²) >= 11 is 0. The van der Waals surface area contributed by atoms with Gasteiger partial charge in [-0.25, -0.2) is 19.6 Å².